The van der Waals surface area contributed by atoms with E-state index in [1.165, 1.54) is 18.2 Å². The highest BCUT2D eigenvalue weighted by molar-refractivity contribution is 6.10. The first-order valence-electron chi connectivity index (χ1n) is 10.5. The summed E-state index contributed by atoms with van der Waals surface area (Å²) in [6, 6.07) is 14.9. The predicted octanol–water partition coefficient (Wildman–Crippen LogP) is 4.60. The molecule has 1 amide bonds. The molecule has 0 atom stereocenters. The normalized spacial score (nSPS) is 11.1. The number of aromatic carboxylic acids is 2. The fraction of sp³-hybridized carbons (Fsp3) is 0.154. The molecular formula is C26H23N3O5. The van der Waals surface area contributed by atoms with Crippen molar-refractivity contribution in [2.45, 2.75) is 27.2 Å². The third-order valence-corrected chi connectivity index (χ3v) is 5.45. The Hall–Kier alpha value is -4.64. The Morgan fingerprint density at radius 3 is 2.21 bits per heavy atom. The zero-order valence-corrected chi connectivity index (χ0v) is 18.9. The number of carbonyl (C=O) groups excluding carboxylic acids is 1. The Morgan fingerprint density at radius 1 is 1.03 bits per heavy atom. The first-order valence-corrected chi connectivity index (χ1v) is 10.5. The first kappa shape index (κ1) is 24.0. The van der Waals surface area contributed by atoms with E-state index in [0.717, 1.165) is 18.1 Å². The summed E-state index contributed by atoms with van der Waals surface area (Å²) < 4.78 is 1.68. The van der Waals surface area contributed by atoms with E-state index in [0.29, 0.717) is 28.3 Å². The summed E-state index contributed by atoms with van der Waals surface area (Å²) in [4.78, 5) is 35.8. The molecule has 0 aliphatic heterocycles. The van der Waals surface area contributed by atoms with Gasteiger partial charge in [0, 0.05) is 22.8 Å². The lowest BCUT2D eigenvalue weighted by Crippen LogP contribution is -2.14. The number of anilines is 1. The van der Waals surface area contributed by atoms with Gasteiger partial charge in [-0.05, 0) is 67.8 Å². The molecule has 0 bridgehead atoms. The van der Waals surface area contributed by atoms with Gasteiger partial charge in [0.25, 0.3) is 5.91 Å². The maximum atomic E-state index is 12.8. The average Bonchev–Trinajstić information content (AvgIpc) is 3.09. The third-order valence-electron chi connectivity index (χ3n) is 5.45. The van der Waals surface area contributed by atoms with E-state index in [-0.39, 0.29) is 16.7 Å². The van der Waals surface area contributed by atoms with Crippen LogP contribution < -0.4 is 5.32 Å². The van der Waals surface area contributed by atoms with Crippen LogP contribution in [0.15, 0.2) is 54.1 Å². The molecule has 3 rings (SSSR count). The molecule has 8 nitrogen and oxygen atoms in total. The number of amides is 1. The van der Waals surface area contributed by atoms with E-state index in [1.807, 2.05) is 25.1 Å². The van der Waals surface area contributed by atoms with Gasteiger partial charge in [-0.1, -0.05) is 25.1 Å². The second-order valence-electron chi connectivity index (χ2n) is 7.68. The van der Waals surface area contributed by atoms with E-state index >= 15 is 0 Å². The van der Waals surface area contributed by atoms with E-state index in [1.54, 1.807) is 36.6 Å². The van der Waals surface area contributed by atoms with Crippen molar-refractivity contribution in [2.75, 3.05) is 5.32 Å². The Kier molecular flexibility index (Phi) is 6.98. The van der Waals surface area contributed by atoms with Gasteiger partial charge in [-0.15, -0.1) is 0 Å². The van der Waals surface area contributed by atoms with Crippen molar-refractivity contribution in [3.05, 3.63) is 87.7 Å². The van der Waals surface area contributed by atoms with Crippen LogP contribution >= 0.6 is 0 Å². The van der Waals surface area contributed by atoms with Gasteiger partial charge in [0.2, 0.25) is 0 Å². The van der Waals surface area contributed by atoms with Gasteiger partial charge >= 0.3 is 11.9 Å². The van der Waals surface area contributed by atoms with Gasteiger partial charge in [0.15, 0.2) is 0 Å². The Labute approximate surface area is 196 Å². The van der Waals surface area contributed by atoms with Crippen LogP contribution in [0.25, 0.3) is 11.8 Å². The number of rotatable bonds is 7. The van der Waals surface area contributed by atoms with Crippen LogP contribution in [-0.4, -0.2) is 32.6 Å². The number of aromatic nitrogens is 1. The second-order valence-corrected chi connectivity index (χ2v) is 7.68. The van der Waals surface area contributed by atoms with Crippen molar-refractivity contribution in [1.82, 2.24) is 4.57 Å². The molecule has 0 saturated heterocycles. The van der Waals surface area contributed by atoms with E-state index < -0.39 is 17.8 Å². The summed E-state index contributed by atoms with van der Waals surface area (Å²) in [5.74, 6) is -3.04. The summed E-state index contributed by atoms with van der Waals surface area (Å²) in [5.41, 5.74) is 3.38. The number of hydrogen-bond acceptors (Lipinski definition) is 4. The number of carboxylic acids is 2. The number of nitrogens with one attached hydrogen (secondary N) is 1. The lowest BCUT2D eigenvalue weighted by molar-refractivity contribution is -0.112. The van der Waals surface area contributed by atoms with E-state index in [9.17, 15) is 29.9 Å². The van der Waals surface area contributed by atoms with Crippen LogP contribution in [0.2, 0.25) is 0 Å². The molecule has 1 heterocycles. The van der Waals surface area contributed by atoms with Gasteiger partial charge in [-0.2, -0.15) is 5.26 Å². The van der Waals surface area contributed by atoms with Crippen LogP contribution in [-0.2, 0) is 11.2 Å². The fourth-order valence-electron chi connectivity index (χ4n) is 3.76. The maximum absolute atomic E-state index is 12.8. The third kappa shape index (κ3) is 4.89. The second kappa shape index (κ2) is 9.88. The number of nitrogens with zero attached hydrogens (tertiary/aromatic N) is 2. The fourth-order valence-corrected chi connectivity index (χ4v) is 3.76. The van der Waals surface area contributed by atoms with Gasteiger partial charge < -0.3 is 20.1 Å². The molecule has 3 aromatic rings. The SMILES string of the molecule is CCc1ccccc1NC(=O)/C(C#N)=C\c1cc(C)n(-c2cc(C(=O)O)cc(C(=O)O)c2)c1C. The van der Waals surface area contributed by atoms with Crippen LogP contribution in [0.1, 0.15) is 50.2 Å². The van der Waals surface area contributed by atoms with Crippen LogP contribution in [0.5, 0.6) is 0 Å². The molecule has 2 aromatic carbocycles. The summed E-state index contributed by atoms with van der Waals surface area (Å²) in [7, 11) is 0. The van der Waals surface area contributed by atoms with Crippen molar-refractivity contribution >= 4 is 29.6 Å². The van der Waals surface area contributed by atoms with E-state index in [2.05, 4.69) is 5.32 Å². The number of carboxylic acid groups (broad SMARTS) is 2. The molecule has 0 radical (unpaired) electrons. The highest BCUT2D eigenvalue weighted by atomic mass is 16.4. The maximum Gasteiger partial charge on any atom is 0.335 e. The van der Waals surface area contributed by atoms with Crippen molar-refractivity contribution in [2.24, 2.45) is 0 Å². The van der Waals surface area contributed by atoms with Crippen LogP contribution in [0, 0.1) is 25.2 Å². The van der Waals surface area contributed by atoms with Crippen LogP contribution in [0.3, 0.4) is 0 Å². The van der Waals surface area contributed by atoms with Crippen molar-refractivity contribution in [1.29, 1.82) is 5.26 Å². The molecule has 8 heteroatoms. The molecular weight excluding hydrogens is 434 g/mol. The standard InChI is InChI=1S/C26H23N3O5/c1-4-17-7-5-6-8-23(17)28-24(30)21(14-27)10-18-9-15(2)29(16(18)3)22-12-19(25(31)32)11-20(13-22)26(33)34/h5-13H,4H2,1-3H3,(H,28,30)(H,31,32)(H,33,34)/b21-10-. The Morgan fingerprint density at radius 2 is 1.65 bits per heavy atom. The molecule has 172 valence electrons. The molecule has 0 aliphatic carbocycles. The van der Waals surface area contributed by atoms with E-state index in [4.69, 9.17) is 0 Å². The van der Waals surface area contributed by atoms with Gasteiger partial charge in [0.1, 0.15) is 11.6 Å². The summed E-state index contributed by atoms with van der Waals surface area (Å²) in [5, 5.41) is 31.2. The van der Waals surface area contributed by atoms with Crippen LogP contribution in [0.4, 0.5) is 5.69 Å². The van der Waals surface area contributed by atoms with Crippen molar-refractivity contribution in [3.8, 4) is 11.8 Å². The van der Waals surface area contributed by atoms with Gasteiger partial charge in [0.05, 0.1) is 11.1 Å². The topological polar surface area (TPSA) is 132 Å². The van der Waals surface area contributed by atoms with Gasteiger partial charge in [-0.25, -0.2) is 9.59 Å². The van der Waals surface area contributed by atoms with Gasteiger partial charge in [-0.3, -0.25) is 4.79 Å². The smallest absolute Gasteiger partial charge is 0.335 e. The highest BCUT2D eigenvalue weighted by Gasteiger charge is 2.17. The number of aryl methyl sites for hydroxylation is 2. The van der Waals surface area contributed by atoms with Crippen molar-refractivity contribution in [3.63, 3.8) is 0 Å². The number of benzene rings is 2. The molecule has 1 aromatic heterocycles. The summed E-state index contributed by atoms with van der Waals surface area (Å²) >= 11 is 0. The lowest BCUT2D eigenvalue weighted by Gasteiger charge is -2.12. The average molecular weight is 457 g/mol. The minimum atomic E-state index is -1.25. The monoisotopic (exact) mass is 457 g/mol. The highest BCUT2D eigenvalue weighted by Crippen LogP contribution is 2.25. The number of hydrogen-bond donors (Lipinski definition) is 3. The molecule has 0 fully saturated rings. The Balaban J connectivity index is 2.03. The quantitative estimate of drug-likeness (QED) is 0.351. The van der Waals surface area contributed by atoms with Crippen molar-refractivity contribution < 1.29 is 24.6 Å². The molecule has 0 spiro atoms. The summed E-state index contributed by atoms with van der Waals surface area (Å²) in [6.45, 7) is 5.48. The Bertz CT molecular complexity index is 1340. The molecule has 34 heavy (non-hydrogen) atoms. The number of nitriles is 1. The first-order chi connectivity index (χ1) is 16.2. The number of para-hydroxylation sites is 1. The molecule has 3 N–H and O–H groups in total. The molecule has 0 saturated carbocycles. The predicted molar refractivity (Wildman–Crippen MR) is 127 cm³/mol. The summed E-state index contributed by atoms with van der Waals surface area (Å²) in [6.07, 6.45) is 2.18. The minimum absolute atomic E-state index is 0.100. The minimum Gasteiger partial charge on any atom is -0.478 e. The number of carbonyl (C=O) groups is 3. The zero-order valence-electron chi connectivity index (χ0n) is 18.9. The molecule has 0 aliphatic rings. The zero-order chi connectivity index (χ0) is 25.0. The largest absolute Gasteiger partial charge is 0.478 e. The molecule has 0 unspecified atom stereocenters. The lowest BCUT2D eigenvalue weighted by atomic mass is 10.1.